The highest BCUT2D eigenvalue weighted by atomic mass is 32.2. The molecule has 0 saturated heterocycles. The van der Waals surface area contributed by atoms with Gasteiger partial charge in [0.05, 0.1) is 5.75 Å². The fourth-order valence-electron chi connectivity index (χ4n) is 2.76. The van der Waals surface area contributed by atoms with E-state index in [1.807, 2.05) is 37.0 Å². The van der Waals surface area contributed by atoms with E-state index in [-0.39, 0.29) is 5.91 Å². The van der Waals surface area contributed by atoms with Crippen molar-refractivity contribution in [3.63, 3.8) is 0 Å². The van der Waals surface area contributed by atoms with Crippen LogP contribution in [0.5, 0.6) is 0 Å². The molecule has 0 aliphatic carbocycles. The van der Waals surface area contributed by atoms with Crippen molar-refractivity contribution in [1.82, 2.24) is 14.9 Å². The molecule has 146 valence electrons. The second-order valence-corrected chi connectivity index (χ2v) is 7.92. The molecule has 5 nitrogen and oxygen atoms in total. The van der Waals surface area contributed by atoms with Gasteiger partial charge in [0.25, 0.3) is 0 Å². The standard InChI is InChI=1S/C22H26N4OS/c1-16-5-8-20(13-17(16)2)26-12-11-23-22(26)28-15-21(27)24-14-18-6-9-19(10-7-18)25(3)4/h5-13H,14-15H2,1-4H3,(H,24,27). The number of carbonyl (C=O) groups excluding carboxylic acids is 1. The summed E-state index contributed by atoms with van der Waals surface area (Å²) in [5.41, 5.74) is 5.78. The zero-order valence-corrected chi connectivity index (χ0v) is 17.6. The highest BCUT2D eigenvalue weighted by Crippen LogP contribution is 2.22. The Kier molecular flexibility index (Phi) is 6.41. The lowest BCUT2D eigenvalue weighted by Crippen LogP contribution is -2.24. The number of aryl methyl sites for hydroxylation is 2. The number of imidazole rings is 1. The van der Waals surface area contributed by atoms with Crippen LogP contribution in [0.4, 0.5) is 5.69 Å². The molecule has 0 spiro atoms. The van der Waals surface area contributed by atoms with E-state index in [2.05, 4.69) is 59.4 Å². The van der Waals surface area contributed by atoms with Crippen molar-refractivity contribution in [1.29, 1.82) is 0 Å². The lowest BCUT2D eigenvalue weighted by Gasteiger charge is -2.13. The third-order valence-corrected chi connectivity index (χ3v) is 5.62. The monoisotopic (exact) mass is 394 g/mol. The first kappa shape index (κ1) is 20.0. The van der Waals surface area contributed by atoms with Gasteiger partial charge in [-0.2, -0.15) is 0 Å². The van der Waals surface area contributed by atoms with Crippen molar-refractivity contribution < 1.29 is 4.79 Å². The Balaban J connectivity index is 1.55. The number of hydrogen-bond donors (Lipinski definition) is 1. The maximum absolute atomic E-state index is 12.3. The molecule has 1 N–H and O–H groups in total. The van der Waals surface area contributed by atoms with Gasteiger partial charge in [0.15, 0.2) is 5.16 Å². The number of anilines is 1. The number of hydrogen-bond acceptors (Lipinski definition) is 4. The largest absolute Gasteiger partial charge is 0.378 e. The number of nitrogens with zero attached hydrogens (tertiary/aromatic N) is 3. The van der Waals surface area contributed by atoms with Crippen LogP contribution in [0.15, 0.2) is 60.0 Å². The first-order valence-corrected chi connectivity index (χ1v) is 10.2. The Morgan fingerprint density at radius 1 is 1.11 bits per heavy atom. The summed E-state index contributed by atoms with van der Waals surface area (Å²) in [6.45, 7) is 4.72. The maximum Gasteiger partial charge on any atom is 0.230 e. The van der Waals surface area contributed by atoms with Gasteiger partial charge >= 0.3 is 0 Å². The molecule has 1 heterocycles. The highest BCUT2D eigenvalue weighted by molar-refractivity contribution is 7.99. The van der Waals surface area contributed by atoms with E-state index in [1.54, 1.807) is 6.20 Å². The predicted molar refractivity (Wildman–Crippen MR) is 116 cm³/mol. The molecule has 0 unspecified atom stereocenters. The lowest BCUT2D eigenvalue weighted by molar-refractivity contribution is -0.118. The van der Waals surface area contributed by atoms with Crippen molar-refractivity contribution in [2.45, 2.75) is 25.5 Å². The van der Waals surface area contributed by atoms with Crippen LogP contribution in [-0.2, 0) is 11.3 Å². The fraction of sp³-hybridized carbons (Fsp3) is 0.273. The average Bonchev–Trinajstić information content (AvgIpc) is 3.16. The Bertz CT molecular complexity index is 947. The summed E-state index contributed by atoms with van der Waals surface area (Å²) in [6.07, 6.45) is 3.69. The van der Waals surface area contributed by atoms with Gasteiger partial charge in [0.2, 0.25) is 5.91 Å². The molecule has 2 aromatic carbocycles. The van der Waals surface area contributed by atoms with Crippen molar-refractivity contribution in [2.75, 3.05) is 24.7 Å². The summed E-state index contributed by atoms with van der Waals surface area (Å²) in [7, 11) is 4.02. The summed E-state index contributed by atoms with van der Waals surface area (Å²) in [4.78, 5) is 18.7. The van der Waals surface area contributed by atoms with E-state index in [9.17, 15) is 4.79 Å². The van der Waals surface area contributed by atoms with Gasteiger partial charge in [0, 0.05) is 44.4 Å². The number of benzene rings is 2. The zero-order chi connectivity index (χ0) is 20.1. The van der Waals surface area contributed by atoms with Crippen LogP contribution in [0, 0.1) is 13.8 Å². The van der Waals surface area contributed by atoms with Gasteiger partial charge in [-0.05, 0) is 54.8 Å². The first-order valence-electron chi connectivity index (χ1n) is 9.21. The van der Waals surface area contributed by atoms with E-state index in [4.69, 9.17) is 0 Å². The van der Waals surface area contributed by atoms with Gasteiger partial charge in [-0.3, -0.25) is 9.36 Å². The normalized spacial score (nSPS) is 10.7. The van der Waals surface area contributed by atoms with E-state index in [0.29, 0.717) is 12.3 Å². The molecule has 0 bridgehead atoms. The molecule has 0 atom stereocenters. The molecule has 0 saturated carbocycles. The third kappa shape index (κ3) is 4.95. The van der Waals surface area contributed by atoms with E-state index < -0.39 is 0 Å². The second-order valence-electron chi connectivity index (χ2n) is 6.97. The van der Waals surface area contributed by atoms with Crippen LogP contribution in [0.25, 0.3) is 5.69 Å². The Morgan fingerprint density at radius 2 is 1.86 bits per heavy atom. The molecule has 6 heteroatoms. The van der Waals surface area contributed by atoms with Crippen molar-refractivity contribution >= 4 is 23.4 Å². The summed E-state index contributed by atoms with van der Waals surface area (Å²) in [6, 6.07) is 14.5. The fourth-order valence-corrected chi connectivity index (χ4v) is 3.57. The van der Waals surface area contributed by atoms with Crippen LogP contribution >= 0.6 is 11.8 Å². The molecule has 28 heavy (non-hydrogen) atoms. The molecular weight excluding hydrogens is 368 g/mol. The molecule has 1 amide bonds. The first-order chi connectivity index (χ1) is 13.4. The van der Waals surface area contributed by atoms with Crippen molar-refractivity contribution in [3.8, 4) is 5.69 Å². The number of aromatic nitrogens is 2. The van der Waals surface area contributed by atoms with Crippen LogP contribution in [-0.4, -0.2) is 35.3 Å². The van der Waals surface area contributed by atoms with Crippen LogP contribution in [0.2, 0.25) is 0 Å². The topological polar surface area (TPSA) is 50.2 Å². The minimum Gasteiger partial charge on any atom is -0.378 e. The summed E-state index contributed by atoms with van der Waals surface area (Å²) in [5.74, 6) is 0.328. The minimum atomic E-state index is -0.00340. The zero-order valence-electron chi connectivity index (χ0n) is 16.8. The Morgan fingerprint density at radius 3 is 2.54 bits per heavy atom. The van der Waals surface area contributed by atoms with Gasteiger partial charge in [-0.1, -0.05) is 30.0 Å². The second kappa shape index (κ2) is 8.97. The van der Waals surface area contributed by atoms with Gasteiger partial charge in [-0.15, -0.1) is 0 Å². The molecule has 0 aliphatic rings. The van der Waals surface area contributed by atoms with Crippen LogP contribution in [0.1, 0.15) is 16.7 Å². The lowest BCUT2D eigenvalue weighted by atomic mass is 10.1. The number of carbonyl (C=O) groups is 1. The van der Waals surface area contributed by atoms with Gasteiger partial charge in [0.1, 0.15) is 0 Å². The molecule has 3 rings (SSSR count). The maximum atomic E-state index is 12.3. The van der Waals surface area contributed by atoms with Gasteiger partial charge in [-0.25, -0.2) is 4.98 Å². The third-order valence-electron chi connectivity index (χ3n) is 4.65. The summed E-state index contributed by atoms with van der Waals surface area (Å²) in [5, 5.41) is 3.79. The SMILES string of the molecule is Cc1ccc(-n2ccnc2SCC(=O)NCc2ccc(N(C)C)cc2)cc1C. The highest BCUT2D eigenvalue weighted by Gasteiger charge is 2.10. The Labute approximate surface area is 170 Å². The van der Waals surface area contributed by atoms with Crippen LogP contribution < -0.4 is 10.2 Å². The molecule has 1 aromatic heterocycles. The Hall–Kier alpha value is -2.73. The quantitative estimate of drug-likeness (QED) is 0.616. The summed E-state index contributed by atoms with van der Waals surface area (Å²) < 4.78 is 2.02. The van der Waals surface area contributed by atoms with Crippen molar-refractivity contribution in [3.05, 3.63) is 71.5 Å². The predicted octanol–water partition coefficient (Wildman–Crippen LogP) is 3.96. The molecule has 0 aliphatic heterocycles. The van der Waals surface area contributed by atoms with E-state index in [0.717, 1.165) is 22.1 Å². The molecule has 0 fully saturated rings. The van der Waals surface area contributed by atoms with Crippen molar-refractivity contribution in [2.24, 2.45) is 0 Å². The number of rotatable bonds is 7. The molecular formula is C22H26N4OS. The number of thioether (sulfide) groups is 1. The molecule has 0 radical (unpaired) electrons. The summed E-state index contributed by atoms with van der Waals surface area (Å²) >= 11 is 1.44. The van der Waals surface area contributed by atoms with Crippen LogP contribution in [0.3, 0.4) is 0 Å². The van der Waals surface area contributed by atoms with E-state index >= 15 is 0 Å². The molecule has 3 aromatic rings. The van der Waals surface area contributed by atoms with E-state index in [1.165, 1.54) is 22.9 Å². The minimum absolute atomic E-state index is 0.00340. The number of amides is 1. The van der Waals surface area contributed by atoms with Gasteiger partial charge < -0.3 is 10.2 Å². The smallest absolute Gasteiger partial charge is 0.230 e. The average molecular weight is 395 g/mol. The number of nitrogens with one attached hydrogen (secondary N) is 1.